The number of fused-ring (bicyclic) bond motifs is 11. The number of rotatable bonds is 3. The minimum absolute atomic E-state index is 0.905. The largest absolute Gasteiger partial charge is 0.456 e. The highest BCUT2D eigenvalue weighted by Crippen LogP contribution is 2.49. The van der Waals surface area contributed by atoms with Gasteiger partial charge in [0.25, 0.3) is 0 Å². The summed E-state index contributed by atoms with van der Waals surface area (Å²) >= 11 is 1.82. The van der Waals surface area contributed by atoms with Crippen LogP contribution in [0.5, 0.6) is 0 Å². The van der Waals surface area contributed by atoms with Crippen molar-refractivity contribution in [2.45, 2.75) is 0 Å². The van der Waals surface area contributed by atoms with Gasteiger partial charge in [0.05, 0.1) is 0 Å². The number of thiophene rings is 1. The molecule has 0 saturated carbocycles. The van der Waals surface area contributed by atoms with Crippen molar-refractivity contribution >= 4 is 97.6 Å². The third-order valence-corrected chi connectivity index (χ3v) is 12.2. The average Bonchev–Trinajstić information content (AvgIpc) is 3.92. The number of hydrogen-bond donors (Lipinski definition) is 0. The summed E-state index contributed by atoms with van der Waals surface area (Å²) in [7, 11) is 0. The highest BCUT2D eigenvalue weighted by Gasteiger charge is 2.22. The van der Waals surface area contributed by atoms with E-state index in [4.69, 9.17) is 8.83 Å². The van der Waals surface area contributed by atoms with Crippen molar-refractivity contribution in [1.29, 1.82) is 0 Å². The molecule has 0 fully saturated rings. The maximum Gasteiger partial charge on any atom is 0.144 e. The number of hydrogen-bond acceptors (Lipinski definition) is 3. The monoisotopic (exact) mass is 692 g/mol. The molecule has 0 N–H and O–H groups in total. The van der Waals surface area contributed by atoms with E-state index in [9.17, 15) is 0 Å². The van der Waals surface area contributed by atoms with Crippen LogP contribution in [0.4, 0.5) is 0 Å². The van der Waals surface area contributed by atoms with E-state index < -0.39 is 0 Å². The van der Waals surface area contributed by atoms with Crippen LogP contribution >= 0.6 is 11.3 Å². The van der Waals surface area contributed by atoms with Crippen LogP contribution in [0.2, 0.25) is 0 Å². The molecule has 3 heterocycles. The molecule has 9 aromatic carbocycles. The van der Waals surface area contributed by atoms with Crippen LogP contribution in [-0.2, 0) is 0 Å². The summed E-state index contributed by atoms with van der Waals surface area (Å²) in [5, 5.41) is 13.0. The summed E-state index contributed by atoms with van der Waals surface area (Å²) in [6.45, 7) is 0. The first kappa shape index (κ1) is 29.0. The molecule has 0 unspecified atom stereocenters. The zero-order valence-corrected chi connectivity index (χ0v) is 29.2. The Kier molecular flexibility index (Phi) is 5.96. The first-order valence-electron chi connectivity index (χ1n) is 18.0. The predicted octanol–water partition coefficient (Wildman–Crippen LogP) is 15.2. The summed E-state index contributed by atoms with van der Waals surface area (Å²) in [6.07, 6.45) is 0. The molecule has 2 nitrogen and oxygen atoms in total. The molecular weight excluding hydrogens is 665 g/mol. The molecule has 0 bridgehead atoms. The second-order valence-corrected chi connectivity index (χ2v) is 15.0. The first-order valence-corrected chi connectivity index (χ1v) is 18.8. The van der Waals surface area contributed by atoms with Gasteiger partial charge in [-0.1, -0.05) is 121 Å². The minimum Gasteiger partial charge on any atom is -0.456 e. The molecule has 0 spiro atoms. The van der Waals surface area contributed by atoms with E-state index in [0.717, 1.165) is 49.3 Å². The second kappa shape index (κ2) is 10.9. The van der Waals surface area contributed by atoms with Gasteiger partial charge in [0.15, 0.2) is 0 Å². The zero-order chi connectivity index (χ0) is 34.6. The summed E-state index contributed by atoms with van der Waals surface area (Å²) in [6, 6.07) is 61.4. The highest BCUT2D eigenvalue weighted by atomic mass is 32.1. The SMILES string of the molecule is c1ccc(-c2cc3c(ccc4c3oc3cccc(-c5c6ccccc6c(-c6ccc7cc8oc9ccccc9c8cc7c6)c6ccccc56)c34)s2)cc1. The van der Waals surface area contributed by atoms with Crippen molar-refractivity contribution in [3.8, 4) is 32.7 Å². The van der Waals surface area contributed by atoms with E-state index in [-0.39, 0.29) is 0 Å². The topological polar surface area (TPSA) is 26.3 Å². The van der Waals surface area contributed by atoms with Crippen LogP contribution in [0.15, 0.2) is 179 Å². The summed E-state index contributed by atoms with van der Waals surface area (Å²) in [5.41, 5.74) is 9.78. The molecule has 0 amide bonds. The Labute approximate surface area is 307 Å². The smallest absolute Gasteiger partial charge is 0.144 e. The Hall–Kier alpha value is -6.68. The summed E-state index contributed by atoms with van der Waals surface area (Å²) in [5.74, 6) is 0. The van der Waals surface area contributed by atoms with Gasteiger partial charge in [0.2, 0.25) is 0 Å². The van der Waals surface area contributed by atoms with Crippen LogP contribution in [0.25, 0.3) is 119 Å². The second-order valence-electron chi connectivity index (χ2n) is 14.0. The van der Waals surface area contributed by atoms with Gasteiger partial charge in [-0.25, -0.2) is 0 Å². The van der Waals surface area contributed by atoms with Gasteiger partial charge in [0.1, 0.15) is 22.3 Å². The first-order chi connectivity index (χ1) is 26.3. The molecule has 53 heavy (non-hydrogen) atoms. The Balaban J connectivity index is 1.12. The van der Waals surface area contributed by atoms with Crippen LogP contribution in [0.1, 0.15) is 0 Å². The lowest BCUT2D eigenvalue weighted by atomic mass is 9.84. The molecule has 3 aromatic heterocycles. The third-order valence-electron chi connectivity index (χ3n) is 11.0. The van der Waals surface area contributed by atoms with Gasteiger partial charge in [-0.2, -0.15) is 0 Å². The maximum atomic E-state index is 6.79. The van der Waals surface area contributed by atoms with Crippen LogP contribution in [0.3, 0.4) is 0 Å². The molecule has 0 aliphatic heterocycles. The fraction of sp³-hybridized carbons (Fsp3) is 0. The lowest BCUT2D eigenvalue weighted by Gasteiger charge is -2.18. The number of para-hydroxylation sites is 1. The van der Waals surface area contributed by atoms with Crippen molar-refractivity contribution < 1.29 is 8.83 Å². The fourth-order valence-electron chi connectivity index (χ4n) is 8.70. The van der Waals surface area contributed by atoms with E-state index in [1.165, 1.54) is 69.7 Å². The molecule has 12 rings (SSSR count). The quantitative estimate of drug-likeness (QED) is 0.172. The van der Waals surface area contributed by atoms with E-state index in [0.29, 0.717) is 0 Å². The molecule has 0 aliphatic carbocycles. The molecule has 0 radical (unpaired) electrons. The Bertz CT molecular complexity index is 3390. The van der Waals surface area contributed by atoms with E-state index in [1.54, 1.807) is 0 Å². The fourth-order valence-corrected chi connectivity index (χ4v) is 9.77. The Morgan fingerprint density at radius 2 is 1.06 bits per heavy atom. The van der Waals surface area contributed by atoms with Crippen LogP contribution in [0, 0.1) is 0 Å². The minimum atomic E-state index is 0.905. The molecule has 3 heteroatoms. The highest BCUT2D eigenvalue weighted by molar-refractivity contribution is 7.22. The van der Waals surface area contributed by atoms with Crippen molar-refractivity contribution in [2.75, 3.05) is 0 Å². The maximum absolute atomic E-state index is 6.79. The van der Waals surface area contributed by atoms with Crippen molar-refractivity contribution in [3.05, 3.63) is 170 Å². The molecule has 0 aliphatic rings. The lowest BCUT2D eigenvalue weighted by Crippen LogP contribution is -1.91. The molecule has 0 saturated heterocycles. The van der Waals surface area contributed by atoms with Gasteiger partial charge in [-0.3, -0.25) is 0 Å². The van der Waals surface area contributed by atoms with E-state index in [2.05, 4.69) is 158 Å². The lowest BCUT2D eigenvalue weighted by molar-refractivity contribution is 0.669. The van der Waals surface area contributed by atoms with Crippen molar-refractivity contribution in [1.82, 2.24) is 0 Å². The van der Waals surface area contributed by atoms with Gasteiger partial charge >= 0.3 is 0 Å². The number of furan rings is 2. The van der Waals surface area contributed by atoms with Gasteiger partial charge in [-0.05, 0) is 109 Å². The summed E-state index contributed by atoms with van der Waals surface area (Å²) in [4.78, 5) is 1.25. The zero-order valence-electron chi connectivity index (χ0n) is 28.4. The van der Waals surface area contributed by atoms with Crippen LogP contribution in [-0.4, -0.2) is 0 Å². The Morgan fingerprint density at radius 1 is 0.358 bits per heavy atom. The van der Waals surface area contributed by atoms with Crippen LogP contribution < -0.4 is 0 Å². The van der Waals surface area contributed by atoms with E-state index in [1.807, 2.05) is 23.5 Å². The number of benzene rings is 9. The van der Waals surface area contributed by atoms with Crippen molar-refractivity contribution in [2.24, 2.45) is 0 Å². The molecule has 246 valence electrons. The molecule has 0 atom stereocenters. The van der Waals surface area contributed by atoms with Crippen molar-refractivity contribution in [3.63, 3.8) is 0 Å². The normalized spacial score (nSPS) is 12.2. The van der Waals surface area contributed by atoms with Gasteiger partial charge in [0, 0.05) is 36.5 Å². The predicted molar refractivity (Wildman–Crippen MR) is 225 cm³/mol. The average molecular weight is 693 g/mol. The third kappa shape index (κ3) is 4.20. The standard InChI is InChI=1S/C50H28O2S/c1-2-11-29(12-3-1)46-28-41-45(53-46)24-23-39-49-38(18-10-20-43(49)52-50(39)41)48-36-16-6-4-14-34(36)47(35-15-5-7-17-37(35)48)31-22-21-30-27-44-40(26-32(30)25-31)33-13-8-9-19-42(33)51-44/h1-28H. The van der Waals surface area contributed by atoms with Gasteiger partial charge in [-0.15, -0.1) is 11.3 Å². The van der Waals surface area contributed by atoms with E-state index >= 15 is 0 Å². The Morgan fingerprint density at radius 3 is 1.85 bits per heavy atom. The van der Waals surface area contributed by atoms with Gasteiger partial charge < -0.3 is 8.83 Å². The molecule has 12 aromatic rings. The summed E-state index contributed by atoms with van der Waals surface area (Å²) < 4.78 is 14.2. The molecular formula is C50H28O2S.